The van der Waals surface area contributed by atoms with Crippen LogP contribution in [0.4, 0.5) is 11.4 Å². The van der Waals surface area contributed by atoms with Crippen molar-refractivity contribution in [2.45, 2.75) is 19.8 Å². The molecule has 2 rings (SSSR count). The molecule has 0 N–H and O–H groups in total. The zero-order valence-corrected chi connectivity index (χ0v) is 12.6. The van der Waals surface area contributed by atoms with Crippen molar-refractivity contribution in [1.29, 1.82) is 5.26 Å². The summed E-state index contributed by atoms with van der Waals surface area (Å²) in [4.78, 5) is 26.4. The molecular weight excluding hydrogens is 282 g/mol. The highest BCUT2D eigenvalue weighted by atomic mass is 16.5. The van der Waals surface area contributed by atoms with Crippen molar-refractivity contribution < 1.29 is 14.3 Å². The highest BCUT2D eigenvalue weighted by molar-refractivity contribution is 5.93. The standard InChI is InChI=1S/C16H19N3O3/c1-2-16(21)19(7-3-6-17)13-4-5-14-15(12-13)22-11-9-18(14)8-10-20/h4-5,10,12H,2-3,7-9,11H2,1H3. The van der Waals surface area contributed by atoms with Gasteiger partial charge in [-0.05, 0) is 12.1 Å². The number of aldehydes is 1. The fourth-order valence-corrected chi connectivity index (χ4v) is 2.46. The predicted molar refractivity (Wildman–Crippen MR) is 83.1 cm³/mol. The maximum absolute atomic E-state index is 12.1. The van der Waals surface area contributed by atoms with E-state index >= 15 is 0 Å². The number of amides is 1. The van der Waals surface area contributed by atoms with Crippen LogP contribution in [-0.2, 0) is 9.59 Å². The second-order valence-corrected chi connectivity index (χ2v) is 4.92. The number of rotatable bonds is 6. The first-order valence-corrected chi connectivity index (χ1v) is 7.34. The average Bonchev–Trinajstić information content (AvgIpc) is 2.55. The van der Waals surface area contributed by atoms with Gasteiger partial charge < -0.3 is 19.3 Å². The lowest BCUT2D eigenvalue weighted by molar-refractivity contribution is -0.118. The molecule has 0 spiro atoms. The number of nitriles is 1. The number of anilines is 2. The summed E-state index contributed by atoms with van der Waals surface area (Å²) in [6.07, 6.45) is 1.52. The van der Waals surface area contributed by atoms with Gasteiger partial charge >= 0.3 is 0 Å². The van der Waals surface area contributed by atoms with Gasteiger partial charge in [-0.2, -0.15) is 5.26 Å². The second kappa shape index (κ2) is 7.46. The first-order valence-electron chi connectivity index (χ1n) is 7.34. The monoisotopic (exact) mass is 301 g/mol. The molecule has 1 aromatic rings. The smallest absolute Gasteiger partial charge is 0.226 e. The molecule has 0 aromatic heterocycles. The van der Waals surface area contributed by atoms with E-state index in [-0.39, 0.29) is 12.3 Å². The first kappa shape index (κ1) is 15.8. The number of fused-ring (bicyclic) bond motifs is 1. The van der Waals surface area contributed by atoms with Gasteiger partial charge in [-0.25, -0.2) is 0 Å². The van der Waals surface area contributed by atoms with E-state index in [4.69, 9.17) is 10.00 Å². The lowest BCUT2D eigenvalue weighted by atomic mass is 10.2. The number of benzene rings is 1. The van der Waals surface area contributed by atoms with E-state index in [2.05, 4.69) is 6.07 Å². The Hall–Kier alpha value is -2.55. The summed E-state index contributed by atoms with van der Waals surface area (Å²) in [5.41, 5.74) is 1.57. The fraction of sp³-hybridized carbons (Fsp3) is 0.438. The molecule has 0 radical (unpaired) electrons. The van der Waals surface area contributed by atoms with Crippen LogP contribution < -0.4 is 14.5 Å². The molecule has 0 unspecified atom stereocenters. The maximum atomic E-state index is 12.1. The SMILES string of the molecule is CCC(=O)N(CCC#N)c1ccc2c(c1)OCCN2CC=O. The molecule has 1 aromatic carbocycles. The first-order chi connectivity index (χ1) is 10.7. The number of hydrogen-bond donors (Lipinski definition) is 0. The minimum Gasteiger partial charge on any atom is -0.489 e. The lowest BCUT2D eigenvalue weighted by Crippen LogP contribution is -2.35. The van der Waals surface area contributed by atoms with Crippen LogP contribution in [-0.4, -0.2) is 38.4 Å². The number of hydrogen-bond acceptors (Lipinski definition) is 5. The van der Waals surface area contributed by atoms with E-state index in [1.54, 1.807) is 17.9 Å². The lowest BCUT2D eigenvalue weighted by Gasteiger charge is -2.31. The van der Waals surface area contributed by atoms with Gasteiger partial charge in [0, 0.05) is 24.7 Å². The molecule has 116 valence electrons. The quantitative estimate of drug-likeness (QED) is 0.748. The Morgan fingerprint density at radius 1 is 1.55 bits per heavy atom. The summed E-state index contributed by atoms with van der Waals surface area (Å²) in [5, 5.41) is 8.75. The van der Waals surface area contributed by atoms with Gasteiger partial charge in [0.15, 0.2) is 0 Å². The topological polar surface area (TPSA) is 73.6 Å². The molecule has 1 aliphatic heterocycles. The predicted octanol–water partition coefficient (Wildman–Crippen LogP) is 1.74. The van der Waals surface area contributed by atoms with Crippen molar-refractivity contribution in [3.8, 4) is 11.8 Å². The van der Waals surface area contributed by atoms with Crippen molar-refractivity contribution in [3.63, 3.8) is 0 Å². The molecule has 6 nitrogen and oxygen atoms in total. The van der Waals surface area contributed by atoms with Crippen LogP contribution in [0, 0.1) is 11.3 Å². The molecule has 0 aliphatic carbocycles. The Morgan fingerprint density at radius 2 is 2.36 bits per heavy atom. The molecule has 22 heavy (non-hydrogen) atoms. The van der Waals surface area contributed by atoms with E-state index in [9.17, 15) is 9.59 Å². The molecule has 0 atom stereocenters. The van der Waals surface area contributed by atoms with Crippen LogP contribution in [0.2, 0.25) is 0 Å². The average molecular weight is 301 g/mol. The molecule has 0 saturated heterocycles. The van der Waals surface area contributed by atoms with Crippen LogP contribution in [0.25, 0.3) is 0 Å². The summed E-state index contributed by atoms with van der Waals surface area (Å²) >= 11 is 0. The van der Waals surface area contributed by atoms with E-state index < -0.39 is 0 Å². The van der Waals surface area contributed by atoms with Crippen LogP contribution in [0.3, 0.4) is 0 Å². The minimum atomic E-state index is -0.0317. The van der Waals surface area contributed by atoms with Crippen molar-refractivity contribution in [3.05, 3.63) is 18.2 Å². The van der Waals surface area contributed by atoms with E-state index in [0.29, 0.717) is 44.1 Å². The van der Waals surface area contributed by atoms with Crippen molar-refractivity contribution in [2.75, 3.05) is 36.0 Å². The Balaban J connectivity index is 2.30. The van der Waals surface area contributed by atoms with Crippen LogP contribution in [0.15, 0.2) is 18.2 Å². The summed E-state index contributed by atoms with van der Waals surface area (Å²) in [6, 6.07) is 7.55. The zero-order chi connectivity index (χ0) is 15.9. The van der Waals surface area contributed by atoms with Gasteiger partial charge in [-0.3, -0.25) is 4.79 Å². The van der Waals surface area contributed by atoms with Crippen LogP contribution in [0.5, 0.6) is 5.75 Å². The Labute approximate surface area is 129 Å². The maximum Gasteiger partial charge on any atom is 0.226 e. The van der Waals surface area contributed by atoms with Gasteiger partial charge in [-0.15, -0.1) is 0 Å². The van der Waals surface area contributed by atoms with E-state index in [1.165, 1.54) is 0 Å². The third-order valence-electron chi connectivity index (χ3n) is 3.56. The van der Waals surface area contributed by atoms with Gasteiger partial charge in [0.1, 0.15) is 18.6 Å². The summed E-state index contributed by atoms with van der Waals surface area (Å²) in [6.45, 7) is 3.64. The summed E-state index contributed by atoms with van der Waals surface area (Å²) in [5.74, 6) is 0.632. The van der Waals surface area contributed by atoms with E-state index in [1.807, 2.05) is 17.0 Å². The molecular formula is C16H19N3O3. The van der Waals surface area contributed by atoms with Gasteiger partial charge in [0.05, 0.1) is 31.3 Å². The van der Waals surface area contributed by atoms with Gasteiger partial charge in [0.2, 0.25) is 5.91 Å². The third-order valence-corrected chi connectivity index (χ3v) is 3.56. The molecule has 1 amide bonds. The second-order valence-electron chi connectivity index (χ2n) is 4.92. The van der Waals surface area contributed by atoms with Crippen LogP contribution >= 0.6 is 0 Å². The molecule has 0 bridgehead atoms. The number of carbonyl (C=O) groups excluding carboxylic acids is 2. The van der Waals surface area contributed by atoms with Crippen molar-refractivity contribution in [2.24, 2.45) is 0 Å². The third kappa shape index (κ3) is 3.37. The minimum absolute atomic E-state index is 0.0317. The normalized spacial score (nSPS) is 12.8. The fourth-order valence-electron chi connectivity index (χ4n) is 2.46. The summed E-state index contributed by atoms with van der Waals surface area (Å²) in [7, 11) is 0. The molecule has 1 aliphatic rings. The van der Waals surface area contributed by atoms with E-state index in [0.717, 1.165) is 12.0 Å². The Kier molecular flexibility index (Phi) is 5.37. The molecule has 1 heterocycles. The number of ether oxygens (including phenoxy) is 1. The molecule has 6 heteroatoms. The summed E-state index contributed by atoms with van der Waals surface area (Å²) < 4.78 is 5.65. The molecule has 0 fully saturated rings. The largest absolute Gasteiger partial charge is 0.489 e. The van der Waals surface area contributed by atoms with Crippen molar-refractivity contribution in [1.82, 2.24) is 0 Å². The number of nitrogens with zero attached hydrogens (tertiary/aromatic N) is 3. The molecule has 0 saturated carbocycles. The van der Waals surface area contributed by atoms with Crippen molar-refractivity contribution >= 4 is 23.6 Å². The van der Waals surface area contributed by atoms with Gasteiger partial charge in [0.25, 0.3) is 0 Å². The Morgan fingerprint density at radius 3 is 3.05 bits per heavy atom. The Bertz CT molecular complexity index is 595. The highest BCUT2D eigenvalue weighted by Crippen LogP contribution is 2.35. The highest BCUT2D eigenvalue weighted by Gasteiger charge is 2.21. The zero-order valence-electron chi connectivity index (χ0n) is 12.6. The number of carbonyl (C=O) groups is 2. The van der Waals surface area contributed by atoms with Gasteiger partial charge in [-0.1, -0.05) is 6.92 Å². The van der Waals surface area contributed by atoms with Crippen LogP contribution in [0.1, 0.15) is 19.8 Å².